The molecule has 0 spiro atoms. The Bertz CT molecular complexity index is 505. The first kappa shape index (κ1) is 14.1. The summed E-state index contributed by atoms with van der Waals surface area (Å²) in [5.74, 6) is 0. The molecule has 104 valence electrons. The van der Waals surface area contributed by atoms with Crippen LogP contribution in [-0.4, -0.2) is 25.9 Å². The van der Waals surface area contributed by atoms with Crippen LogP contribution in [0.25, 0.3) is 0 Å². The second-order valence-corrected chi connectivity index (χ2v) is 5.24. The summed E-state index contributed by atoms with van der Waals surface area (Å²) in [5, 5.41) is 12.1. The van der Waals surface area contributed by atoms with Gasteiger partial charge in [-0.2, -0.15) is 5.10 Å². The molecule has 1 N–H and O–H groups in total. The van der Waals surface area contributed by atoms with Gasteiger partial charge in [-0.3, -0.25) is 4.68 Å². The first-order valence-electron chi connectivity index (χ1n) is 6.86. The van der Waals surface area contributed by atoms with Crippen molar-refractivity contribution in [3.63, 3.8) is 0 Å². The minimum atomic E-state index is 0.159. The number of nitrogens with zero attached hydrogens (tertiary/aromatic N) is 4. The van der Waals surface area contributed by atoms with Gasteiger partial charge in [-0.05, 0) is 31.4 Å². The van der Waals surface area contributed by atoms with Crippen molar-refractivity contribution < 1.29 is 0 Å². The quantitative estimate of drug-likeness (QED) is 0.845. The third-order valence-corrected chi connectivity index (χ3v) is 3.88. The fraction of sp³-hybridized carbons (Fsp3) is 0.615. The Labute approximate surface area is 118 Å². The third kappa shape index (κ3) is 3.19. The highest BCUT2D eigenvalue weighted by atomic mass is 32.1. The van der Waals surface area contributed by atoms with Gasteiger partial charge in [0.2, 0.25) is 0 Å². The molecule has 1 unspecified atom stereocenters. The standard InChI is InChI=1S/C13H21N5S/c1-4-7-11-13(19-17-16-11)12(14-5-2)10-8-15-18(6-3)9-10/h8-9,12,14H,4-7H2,1-3H3. The van der Waals surface area contributed by atoms with E-state index in [1.54, 1.807) is 0 Å². The van der Waals surface area contributed by atoms with Crippen LogP contribution in [0.15, 0.2) is 12.4 Å². The second-order valence-electron chi connectivity index (χ2n) is 4.45. The van der Waals surface area contributed by atoms with Gasteiger partial charge in [0.1, 0.15) is 0 Å². The Morgan fingerprint density at radius 3 is 2.84 bits per heavy atom. The van der Waals surface area contributed by atoms with Gasteiger partial charge in [0.15, 0.2) is 0 Å². The van der Waals surface area contributed by atoms with E-state index < -0.39 is 0 Å². The van der Waals surface area contributed by atoms with Crippen molar-refractivity contribution in [1.29, 1.82) is 0 Å². The maximum Gasteiger partial charge on any atom is 0.0807 e. The van der Waals surface area contributed by atoms with Crippen LogP contribution in [0.4, 0.5) is 0 Å². The molecule has 0 fully saturated rings. The van der Waals surface area contributed by atoms with Crippen molar-refractivity contribution in [2.24, 2.45) is 0 Å². The van der Waals surface area contributed by atoms with Crippen LogP contribution in [0.5, 0.6) is 0 Å². The van der Waals surface area contributed by atoms with Crippen molar-refractivity contribution in [2.75, 3.05) is 6.54 Å². The van der Waals surface area contributed by atoms with Gasteiger partial charge in [0, 0.05) is 18.3 Å². The van der Waals surface area contributed by atoms with Gasteiger partial charge in [0.05, 0.1) is 22.8 Å². The highest BCUT2D eigenvalue weighted by molar-refractivity contribution is 7.05. The topological polar surface area (TPSA) is 55.6 Å². The maximum atomic E-state index is 4.36. The zero-order valence-corrected chi connectivity index (χ0v) is 12.6. The van der Waals surface area contributed by atoms with Crippen LogP contribution >= 0.6 is 11.5 Å². The lowest BCUT2D eigenvalue weighted by molar-refractivity contribution is 0.625. The zero-order chi connectivity index (χ0) is 13.7. The van der Waals surface area contributed by atoms with Crippen LogP contribution in [0.3, 0.4) is 0 Å². The lowest BCUT2D eigenvalue weighted by Crippen LogP contribution is -2.21. The van der Waals surface area contributed by atoms with Gasteiger partial charge in [-0.15, -0.1) is 5.10 Å². The Morgan fingerprint density at radius 2 is 2.21 bits per heavy atom. The van der Waals surface area contributed by atoms with Crippen molar-refractivity contribution in [2.45, 2.75) is 46.2 Å². The Balaban J connectivity index is 2.30. The first-order valence-corrected chi connectivity index (χ1v) is 7.64. The molecule has 0 aromatic carbocycles. The predicted octanol–water partition coefficient (Wildman–Crippen LogP) is 2.41. The summed E-state index contributed by atoms with van der Waals surface area (Å²) >= 11 is 1.49. The number of aromatic nitrogens is 4. The lowest BCUT2D eigenvalue weighted by Gasteiger charge is -2.15. The zero-order valence-electron chi connectivity index (χ0n) is 11.8. The van der Waals surface area contributed by atoms with Crippen LogP contribution in [0.2, 0.25) is 0 Å². The molecule has 2 aromatic heterocycles. The smallest absolute Gasteiger partial charge is 0.0807 e. The normalized spacial score (nSPS) is 12.8. The molecular weight excluding hydrogens is 258 g/mol. The minimum absolute atomic E-state index is 0.159. The summed E-state index contributed by atoms with van der Waals surface area (Å²) < 4.78 is 6.07. The average Bonchev–Trinajstić information content (AvgIpc) is 3.05. The van der Waals surface area contributed by atoms with E-state index in [1.165, 1.54) is 22.0 Å². The Morgan fingerprint density at radius 1 is 1.37 bits per heavy atom. The first-order chi connectivity index (χ1) is 9.30. The molecule has 0 aliphatic carbocycles. The number of aryl methyl sites for hydroxylation is 2. The van der Waals surface area contributed by atoms with E-state index in [-0.39, 0.29) is 6.04 Å². The molecular formula is C13H21N5S. The van der Waals surface area contributed by atoms with Gasteiger partial charge < -0.3 is 5.32 Å². The van der Waals surface area contributed by atoms with Crippen molar-refractivity contribution in [3.05, 3.63) is 28.5 Å². The number of nitrogens with one attached hydrogen (secondary N) is 1. The molecule has 0 saturated heterocycles. The van der Waals surface area contributed by atoms with E-state index in [1.807, 2.05) is 10.9 Å². The van der Waals surface area contributed by atoms with E-state index in [9.17, 15) is 0 Å². The van der Waals surface area contributed by atoms with Gasteiger partial charge in [-0.1, -0.05) is 24.8 Å². The van der Waals surface area contributed by atoms with E-state index in [0.717, 1.165) is 31.6 Å². The number of rotatable bonds is 7. The minimum Gasteiger partial charge on any atom is -0.306 e. The molecule has 0 bridgehead atoms. The van der Waals surface area contributed by atoms with E-state index in [4.69, 9.17) is 0 Å². The third-order valence-electron chi connectivity index (χ3n) is 3.05. The molecule has 0 aliphatic heterocycles. The second kappa shape index (κ2) is 6.77. The molecule has 5 nitrogen and oxygen atoms in total. The van der Waals surface area contributed by atoms with E-state index in [2.05, 4.69) is 47.0 Å². The summed E-state index contributed by atoms with van der Waals surface area (Å²) in [6, 6.07) is 0.159. The molecule has 1 atom stereocenters. The Hall–Kier alpha value is -1.27. The summed E-state index contributed by atoms with van der Waals surface area (Å²) in [6.45, 7) is 8.18. The van der Waals surface area contributed by atoms with Crippen molar-refractivity contribution in [3.8, 4) is 0 Å². The molecule has 2 rings (SSSR count). The molecule has 19 heavy (non-hydrogen) atoms. The van der Waals surface area contributed by atoms with Crippen LogP contribution in [0.1, 0.15) is 49.4 Å². The summed E-state index contributed by atoms with van der Waals surface area (Å²) in [4.78, 5) is 1.22. The fourth-order valence-corrected chi connectivity index (χ4v) is 2.91. The predicted molar refractivity (Wildman–Crippen MR) is 77.3 cm³/mol. The molecule has 0 saturated carbocycles. The molecule has 2 heterocycles. The Kier molecular flexibility index (Phi) is 5.04. The number of hydrogen-bond acceptors (Lipinski definition) is 5. The SMILES string of the molecule is CCCc1nnsc1C(NCC)c1cnn(CC)c1. The lowest BCUT2D eigenvalue weighted by atomic mass is 10.1. The van der Waals surface area contributed by atoms with Crippen LogP contribution < -0.4 is 5.32 Å². The van der Waals surface area contributed by atoms with Crippen molar-refractivity contribution >= 4 is 11.5 Å². The largest absolute Gasteiger partial charge is 0.306 e. The highest BCUT2D eigenvalue weighted by Crippen LogP contribution is 2.27. The number of hydrogen-bond donors (Lipinski definition) is 1. The fourth-order valence-electron chi connectivity index (χ4n) is 2.11. The highest BCUT2D eigenvalue weighted by Gasteiger charge is 2.21. The van der Waals surface area contributed by atoms with Gasteiger partial charge in [0.25, 0.3) is 0 Å². The van der Waals surface area contributed by atoms with Gasteiger partial charge >= 0.3 is 0 Å². The summed E-state index contributed by atoms with van der Waals surface area (Å²) in [6.07, 6.45) is 6.11. The molecule has 0 amide bonds. The van der Waals surface area contributed by atoms with Gasteiger partial charge in [-0.25, -0.2) is 0 Å². The summed E-state index contributed by atoms with van der Waals surface area (Å²) in [5.41, 5.74) is 2.30. The summed E-state index contributed by atoms with van der Waals surface area (Å²) in [7, 11) is 0. The molecule has 2 aromatic rings. The molecule has 0 radical (unpaired) electrons. The average molecular weight is 279 g/mol. The monoisotopic (exact) mass is 279 g/mol. The van der Waals surface area contributed by atoms with E-state index in [0.29, 0.717) is 0 Å². The van der Waals surface area contributed by atoms with Crippen LogP contribution in [0, 0.1) is 0 Å². The molecule has 0 aliphatic rings. The van der Waals surface area contributed by atoms with Crippen molar-refractivity contribution in [1.82, 2.24) is 24.7 Å². The molecule has 6 heteroatoms. The van der Waals surface area contributed by atoms with Crippen LogP contribution in [-0.2, 0) is 13.0 Å². The maximum absolute atomic E-state index is 4.36. The van der Waals surface area contributed by atoms with E-state index >= 15 is 0 Å².